The number of hydrogen-bond acceptors (Lipinski definition) is 2. The van der Waals surface area contributed by atoms with Gasteiger partial charge in [0.25, 0.3) is 0 Å². The van der Waals surface area contributed by atoms with Crippen molar-refractivity contribution in [2.75, 3.05) is 26.8 Å². The standard InChI is InChI=1S/C22H26ClNO2/c1-26-16-17-11-13-24(14-12-17)22(25)15-21(18-5-3-2-4-6-18)19-7-9-20(23)10-8-19/h2-10,17,21H,11-16H2,1H3. The number of hydrogen-bond donors (Lipinski definition) is 0. The molecule has 3 nitrogen and oxygen atoms in total. The quantitative estimate of drug-likeness (QED) is 0.733. The Kier molecular flexibility index (Phi) is 6.70. The van der Waals surface area contributed by atoms with Crippen molar-refractivity contribution in [1.29, 1.82) is 0 Å². The zero-order valence-corrected chi connectivity index (χ0v) is 16.0. The van der Waals surface area contributed by atoms with Crippen LogP contribution in [0.25, 0.3) is 0 Å². The fourth-order valence-electron chi connectivity index (χ4n) is 3.70. The molecule has 0 N–H and O–H groups in total. The second-order valence-corrected chi connectivity index (χ2v) is 7.43. The van der Waals surface area contributed by atoms with E-state index in [4.69, 9.17) is 16.3 Å². The zero-order chi connectivity index (χ0) is 18.4. The van der Waals surface area contributed by atoms with E-state index in [1.807, 2.05) is 47.4 Å². The van der Waals surface area contributed by atoms with Crippen molar-refractivity contribution in [3.05, 3.63) is 70.7 Å². The first-order valence-electron chi connectivity index (χ1n) is 9.24. The van der Waals surface area contributed by atoms with Gasteiger partial charge >= 0.3 is 0 Å². The van der Waals surface area contributed by atoms with E-state index in [0.717, 1.165) is 43.7 Å². The first-order valence-corrected chi connectivity index (χ1v) is 9.62. The molecule has 1 aliphatic rings. The Morgan fingerprint density at radius 2 is 1.69 bits per heavy atom. The molecule has 0 spiro atoms. The Labute approximate surface area is 160 Å². The molecule has 1 heterocycles. The van der Waals surface area contributed by atoms with Crippen LogP contribution in [0.1, 0.15) is 36.3 Å². The molecule has 0 radical (unpaired) electrons. The van der Waals surface area contributed by atoms with E-state index >= 15 is 0 Å². The number of amides is 1. The van der Waals surface area contributed by atoms with Crippen LogP contribution in [-0.4, -0.2) is 37.6 Å². The molecule has 2 aromatic carbocycles. The van der Waals surface area contributed by atoms with Crippen LogP contribution >= 0.6 is 11.6 Å². The maximum Gasteiger partial charge on any atom is 0.223 e. The molecule has 1 unspecified atom stereocenters. The van der Waals surface area contributed by atoms with Gasteiger partial charge in [0.15, 0.2) is 0 Å². The van der Waals surface area contributed by atoms with E-state index in [1.165, 1.54) is 0 Å². The number of methoxy groups -OCH3 is 1. The molecule has 26 heavy (non-hydrogen) atoms. The lowest BCUT2D eigenvalue weighted by molar-refractivity contribution is -0.133. The Balaban J connectivity index is 1.72. The van der Waals surface area contributed by atoms with Gasteiger partial charge in [-0.2, -0.15) is 0 Å². The van der Waals surface area contributed by atoms with Crippen molar-refractivity contribution in [2.45, 2.75) is 25.2 Å². The van der Waals surface area contributed by atoms with E-state index in [9.17, 15) is 4.79 Å². The molecule has 0 bridgehead atoms. The number of carbonyl (C=O) groups is 1. The average Bonchev–Trinajstić information content (AvgIpc) is 2.68. The van der Waals surface area contributed by atoms with E-state index in [-0.39, 0.29) is 11.8 Å². The number of carbonyl (C=O) groups excluding carboxylic acids is 1. The summed E-state index contributed by atoms with van der Waals surface area (Å²) in [7, 11) is 1.74. The summed E-state index contributed by atoms with van der Waals surface area (Å²) < 4.78 is 5.25. The van der Waals surface area contributed by atoms with Crippen LogP contribution in [0.3, 0.4) is 0 Å². The summed E-state index contributed by atoms with van der Waals surface area (Å²) in [5.74, 6) is 0.854. The van der Waals surface area contributed by atoms with E-state index in [2.05, 4.69) is 12.1 Å². The Hall–Kier alpha value is -1.84. The molecule has 0 saturated carbocycles. The summed E-state index contributed by atoms with van der Waals surface area (Å²) in [5, 5.41) is 0.715. The Bertz CT molecular complexity index is 694. The summed E-state index contributed by atoms with van der Waals surface area (Å²) in [6.07, 6.45) is 2.54. The van der Waals surface area contributed by atoms with Crippen LogP contribution in [0.5, 0.6) is 0 Å². The lowest BCUT2D eigenvalue weighted by Gasteiger charge is -2.33. The van der Waals surface area contributed by atoms with E-state index < -0.39 is 0 Å². The van der Waals surface area contributed by atoms with Crippen LogP contribution in [-0.2, 0) is 9.53 Å². The third-order valence-corrected chi connectivity index (χ3v) is 5.47. The maximum atomic E-state index is 13.0. The molecule has 1 amide bonds. The highest BCUT2D eigenvalue weighted by Crippen LogP contribution is 2.30. The van der Waals surface area contributed by atoms with Crippen LogP contribution < -0.4 is 0 Å². The van der Waals surface area contributed by atoms with E-state index in [1.54, 1.807) is 7.11 Å². The first-order chi connectivity index (χ1) is 12.7. The van der Waals surface area contributed by atoms with Gasteiger partial charge in [0.2, 0.25) is 5.91 Å². The molecule has 1 atom stereocenters. The van der Waals surface area contributed by atoms with Gasteiger partial charge in [0, 0.05) is 44.2 Å². The molecule has 1 fully saturated rings. The third-order valence-electron chi connectivity index (χ3n) is 5.22. The van der Waals surface area contributed by atoms with Gasteiger partial charge in [-0.15, -0.1) is 0 Å². The van der Waals surface area contributed by atoms with Crippen LogP contribution in [0.2, 0.25) is 5.02 Å². The van der Waals surface area contributed by atoms with Gasteiger partial charge in [0.05, 0.1) is 0 Å². The highest BCUT2D eigenvalue weighted by atomic mass is 35.5. The highest BCUT2D eigenvalue weighted by Gasteiger charge is 2.26. The van der Waals surface area contributed by atoms with Gasteiger partial charge in [-0.25, -0.2) is 0 Å². The summed E-state index contributed by atoms with van der Waals surface area (Å²) in [6, 6.07) is 18.1. The topological polar surface area (TPSA) is 29.5 Å². The van der Waals surface area contributed by atoms with Crippen LogP contribution in [0, 0.1) is 5.92 Å². The first kappa shape index (κ1) is 18.9. The molecule has 138 valence electrons. The molecule has 4 heteroatoms. The van der Waals surface area contributed by atoms with E-state index in [0.29, 0.717) is 17.4 Å². The molecule has 0 aromatic heterocycles. The lowest BCUT2D eigenvalue weighted by Crippen LogP contribution is -2.39. The lowest BCUT2D eigenvalue weighted by atomic mass is 9.87. The molecular weight excluding hydrogens is 346 g/mol. The zero-order valence-electron chi connectivity index (χ0n) is 15.2. The molecule has 3 rings (SSSR count). The van der Waals surface area contributed by atoms with Gasteiger partial charge < -0.3 is 9.64 Å². The minimum Gasteiger partial charge on any atom is -0.384 e. The minimum absolute atomic E-state index is 0.0534. The monoisotopic (exact) mass is 371 g/mol. The number of halogens is 1. The fourth-order valence-corrected chi connectivity index (χ4v) is 3.82. The van der Waals surface area contributed by atoms with Crippen molar-refractivity contribution < 1.29 is 9.53 Å². The maximum absolute atomic E-state index is 13.0. The summed E-state index contributed by atoms with van der Waals surface area (Å²) >= 11 is 6.04. The summed E-state index contributed by atoms with van der Waals surface area (Å²) in [5.41, 5.74) is 2.29. The number of likely N-dealkylation sites (tertiary alicyclic amines) is 1. The normalized spacial score (nSPS) is 16.5. The van der Waals surface area contributed by atoms with Gasteiger partial charge in [0.1, 0.15) is 0 Å². The highest BCUT2D eigenvalue weighted by molar-refractivity contribution is 6.30. The predicted molar refractivity (Wildman–Crippen MR) is 106 cm³/mol. The second kappa shape index (κ2) is 9.20. The number of ether oxygens (including phenoxy) is 1. The van der Waals surface area contributed by atoms with Crippen molar-refractivity contribution in [2.24, 2.45) is 5.92 Å². The molecular formula is C22H26ClNO2. The van der Waals surface area contributed by atoms with Crippen molar-refractivity contribution in [3.8, 4) is 0 Å². The number of benzene rings is 2. The number of nitrogens with zero attached hydrogens (tertiary/aromatic N) is 1. The smallest absolute Gasteiger partial charge is 0.223 e. The SMILES string of the molecule is COCC1CCN(C(=O)CC(c2ccccc2)c2ccc(Cl)cc2)CC1. The summed E-state index contributed by atoms with van der Waals surface area (Å²) in [4.78, 5) is 15.0. The van der Waals surface area contributed by atoms with Crippen LogP contribution in [0.4, 0.5) is 0 Å². The third kappa shape index (κ3) is 4.87. The van der Waals surface area contributed by atoms with Crippen molar-refractivity contribution in [3.63, 3.8) is 0 Å². The molecule has 1 aliphatic heterocycles. The molecule has 0 aliphatic carbocycles. The summed E-state index contributed by atoms with van der Waals surface area (Å²) in [6.45, 7) is 2.45. The number of rotatable bonds is 6. The van der Waals surface area contributed by atoms with Gasteiger partial charge in [-0.3, -0.25) is 4.79 Å². The second-order valence-electron chi connectivity index (χ2n) is 7.00. The Morgan fingerprint density at radius 3 is 2.31 bits per heavy atom. The number of piperidine rings is 1. The molecule has 2 aromatic rings. The largest absolute Gasteiger partial charge is 0.384 e. The van der Waals surface area contributed by atoms with Gasteiger partial charge in [-0.05, 0) is 42.0 Å². The van der Waals surface area contributed by atoms with Gasteiger partial charge in [-0.1, -0.05) is 54.1 Å². The fraction of sp³-hybridized carbons (Fsp3) is 0.409. The van der Waals surface area contributed by atoms with Crippen molar-refractivity contribution in [1.82, 2.24) is 4.90 Å². The molecule has 1 saturated heterocycles. The van der Waals surface area contributed by atoms with Crippen LogP contribution in [0.15, 0.2) is 54.6 Å². The minimum atomic E-state index is 0.0534. The Morgan fingerprint density at radius 1 is 1.08 bits per heavy atom. The average molecular weight is 372 g/mol. The predicted octanol–water partition coefficient (Wildman–Crippen LogP) is 4.75. The van der Waals surface area contributed by atoms with Crippen molar-refractivity contribution >= 4 is 17.5 Å².